The highest BCUT2D eigenvalue weighted by molar-refractivity contribution is 5.89. The van der Waals surface area contributed by atoms with E-state index in [9.17, 15) is 4.39 Å². The van der Waals surface area contributed by atoms with Crippen LogP contribution in [0.1, 0.15) is 5.82 Å². The van der Waals surface area contributed by atoms with Crippen LogP contribution in [0.5, 0.6) is 0 Å². The Morgan fingerprint density at radius 1 is 1.27 bits per heavy atom. The maximum absolute atomic E-state index is 12.3. The molecule has 0 radical (unpaired) electrons. The van der Waals surface area contributed by atoms with Crippen molar-refractivity contribution in [3.63, 3.8) is 0 Å². The molecule has 2 N–H and O–H groups in total. The molecule has 0 aromatic carbocycles. The maximum atomic E-state index is 12.3. The Hall–Kier alpha value is -3.03. The van der Waals surface area contributed by atoms with Crippen molar-refractivity contribution in [1.29, 1.82) is 0 Å². The highest BCUT2D eigenvalue weighted by Gasteiger charge is 2.13. The van der Waals surface area contributed by atoms with Gasteiger partial charge in [-0.2, -0.15) is 10.2 Å². The van der Waals surface area contributed by atoms with Crippen LogP contribution in [0.4, 0.5) is 15.9 Å². The fourth-order valence-corrected chi connectivity index (χ4v) is 2.17. The van der Waals surface area contributed by atoms with Crippen LogP contribution in [0.3, 0.4) is 0 Å². The van der Waals surface area contributed by atoms with Crippen LogP contribution >= 0.6 is 0 Å². The fraction of sp³-hybridized carbons (Fsp3) is 0.143. The van der Waals surface area contributed by atoms with Crippen LogP contribution in [0.25, 0.3) is 16.6 Å². The van der Waals surface area contributed by atoms with E-state index < -0.39 is 6.67 Å². The molecule has 110 valence electrons. The van der Waals surface area contributed by atoms with E-state index in [1.54, 1.807) is 18.6 Å². The molecule has 3 aromatic rings. The third kappa shape index (κ3) is 2.14. The van der Waals surface area contributed by atoms with Crippen molar-refractivity contribution in [2.45, 2.75) is 6.54 Å². The standard InChI is InChI=1S/C14H12FN7/c15-4-5-22-8-10(6-17-22)18-14-12-11(7-16-21-12)19-13(20-14)9-2-1-3-9/h1-3,6-8H,4-5H2,(H,16,21)(H,18,19,20). The number of allylic oxidation sites excluding steroid dienone is 4. The van der Waals surface area contributed by atoms with E-state index in [-0.39, 0.29) is 6.54 Å². The zero-order chi connectivity index (χ0) is 14.9. The Kier molecular flexibility index (Phi) is 2.92. The van der Waals surface area contributed by atoms with Crippen molar-refractivity contribution in [1.82, 2.24) is 29.9 Å². The minimum Gasteiger partial charge on any atom is -0.336 e. The number of hydrogen-bond acceptors (Lipinski definition) is 5. The number of nitrogens with zero attached hydrogens (tertiary/aromatic N) is 5. The maximum Gasteiger partial charge on any atom is 0.162 e. The van der Waals surface area contributed by atoms with Crippen molar-refractivity contribution >= 4 is 28.1 Å². The molecule has 8 heteroatoms. The number of nitrogens with one attached hydrogen (secondary N) is 2. The Labute approximate surface area is 124 Å². The third-order valence-corrected chi connectivity index (χ3v) is 3.32. The number of alkyl halides is 1. The molecule has 0 bridgehead atoms. The average molecular weight is 297 g/mol. The zero-order valence-corrected chi connectivity index (χ0v) is 11.5. The first kappa shape index (κ1) is 12.7. The van der Waals surface area contributed by atoms with Crippen LogP contribution in [-0.4, -0.2) is 36.6 Å². The predicted molar refractivity (Wildman–Crippen MR) is 80.3 cm³/mol. The Bertz CT molecular complexity index is 890. The van der Waals surface area contributed by atoms with Gasteiger partial charge in [0.2, 0.25) is 0 Å². The lowest BCUT2D eigenvalue weighted by molar-refractivity contribution is 0.427. The predicted octanol–water partition coefficient (Wildman–Crippen LogP) is 2.22. The first-order valence-corrected chi connectivity index (χ1v) is 6.79. The number of fused-ring (bicyclic) bond motifs is 1. The minimum absolute atomic E-state index is 0.230. The summed E-state index contributed by atoms with van der Waals surface area (Å²) in [6.07, 6.45) is 10.8. The number of aromatic nitrogens is 6. The largest absolute Gasteiger partial charge is 0.336 e. The van der Waals surface area contributed by atoms with Gasteiger partial charge in [-0.15, -0.1) is 0 Å². The molecule has 0 saturated heterocycles. The third-order valence-electron chi connectivity index (χ3n) is 3.32. The summed E-state index contributed by atoms with van der Waals surface area (Å²) < 4.78 is 13.9. The van der Waals surface area contributed by atoms with E-state index in [2.05, 4.69) is 30.6 Å². The second-order valence-corrected chi connectivity index (χ2v) is 4.81. The van der Waals surface area contributed by atoms with Crippen molar-refractivity contribution in [2.75, 3.05) is 12.0 Å². The topological polar surface area (TPSA) is 84.3 Å². The number of halogens is 1. The molecule has 3 heterocycles. The quantitative estimate of drug-likeness (QED) is 0.754. The van der Waals surface area contributed by atoms with Gasteiger partial charge in [-0.05, 0) is 0 Å². The molecule has 22 heavy (non-hydrogen) atoms. The molecule has 0 saturated carbocycles. The summed E-state index contributed by atoms with van der Waals surface area (Å²) in [4.78, 5) is 8.98. The second-order valence-electron chi connectivity index (χ2n) is 4.81. The molecule has 1 aliphatic rings. The monoisotopic (exact) mass is 297 g/mol. The van der Waals surface area contributed by atoms with Crippen LogP contribution in [0, 0.1) is 0 Å². The molecule has 0 unspecified atom stereocenters. The number of H-pyrrole nitrogens is 1. The lowest BCUT2D eigenvalue weighted by atomic mass is 10.1. The van der Waals surface area contributed by atoms with E-state index in [4.69, 9.17) is 0 Å². The van der Waals surface area contributed by atoms with Gasteiger partial charge >= 0.3 is 0 Å². The summed E-state index contributed by atoms with van der Waals surface area (Å²) in [5.74, 6) is 1.24. The number of anilines is 2. The van der Waals surface area contributed by atoms with E-state index in [1.165, 1.54) is 4.68 Å². The number of hydrogen-bond donors (Lipinski definition) is 2. The Balaban J connectivity index is 1.71. The van der Waals surface area contributed by atoms with E-state index >= 15 is 0 Å². The minimum atomic E-state index is -0.454. The summed E-state index contributed by atoms with van der Waals surface area (Å²) in [5.41, 5.74) is 3.14. The highest BCUT2D eigenvalue weighted by Crippen LogP contribution is 2.26. The van der Waals surface area contributed by atoms with Crippen molar-refractivity contribution < 1.29 is 4.39 Å². The summed E-state index contributed by atoms with van der Waals surface area (Å²) in [7, 11) is 0. The Morgan fingerprint density at radius 3 is 2.95 bits per heavy atom. The summed E-state index contributed by atoms with van der Waals surface area (Å²) >= 11 is 0. The molecule has 0 amide bonds. The normalized spacial score (nSPS) is 13.2. The van der Waals surface area contributed by atoms with Gasteiger partial charge in [0.05, 0.1) is 24.6 Å². The number of aryl methyl sites for hydroxylation is 1. The van der Waals surface area contributed by atoms with Crippen LogP contribution < -0.4 is 5.32 Å². The summed E-state index contributed by atoms with van der Waals surface area (Å²) in [6, 6.07) is 0. The van der Waals surface area contributed by atoms with Crippen LogP contribution in [-0.2, 0) is 6.54 Å². The highest BCUT2D eigenvalue weighted by atomic mass is 19.1. The van der Waals surface area contributed by atoms with Crippen molar-refractivity contribution in [2.24, 2.45) is 0 Å². The zero-order valence-electron chi connectivity index (χ0n) is 11.5. The van der Waals surface area contributed by atoms with Crippen molar-refractivity contribution in [3.05, 3.63) is 42.6 Å². The molecule has 1 aliphatic carbocycles. The van der Waals surface area contributed by atoms with Gasteiger partial charge in [0.1, 0.15) is 17.7 Å². The molecule has 0 aliphatic heterocycles. The van der Waals surface area contributed by atoms with Gasteiger partial charge in [0.15, 0.2) is 11.6 Å². The molecule has 7 nitrogen and oxygen atoms in total. The lowest BCUT2D eigenvalue weighted by Crippen LogP contribution is -2.02. The molecule has 0 fully saturated rings. The molecular formula is C14H12FN7. The first-order chi connectivity index (χ1) is 10.8. The fourth-order valence-electron chi connectivity index (χ4n) is 2.17. The van der Waals surface area contributed by atoms with Gasteiger partial charge in [0.25, 0.3) is 0 Å². The molecule has 4 rings (SSSR count). The van der Waals surface area contributed by atoms with E-state index in [1.807, 2.05) is 18.2 Å². The molecule has 3 aromatic heterocycles. The number of rotatable bonds is 5. The van der Waals surface area contributed by atoms with Gasteiger partial charge in [0, 0.05) is 11.8 Å². The SMILES string of the molecule is FCCn1cc(Nc2nc(C3=CC=C3)nc3cn[nH]c23)cn1. The van der Waals surface area contributed by atoms with Gasteiger partial charge in [-0.1, -0.05) is 18.2 Å². The first-order valence-electron chi connectivity index (χ1n) is 6.79. The van der Waals surface area contributed by atoms with E-state index in [0.717, 1.165) is 16.8 Å². The van der Waals surface area contributed by atoms with Crippen molar-refractivity contribution in [3.8, 4) is 0 Å². The van der Waals surface area contributed by atoms with Gasteiger partial charge in [-0.3, -0.25) is 9.78 Å². The summed E-state index contributed by atoms with van der Waals surface area (Å²) in [5, 5.41) is 14.1. The average Bonchev–Trinajstić information content (AvgIpc) is 3.06. The number of aromatic amines is 1. The van der Waals surface area contributed by atoms with Crippen LogP contribution in [0.15, 0.2) is 36.8 Å². The summed E-state index contributed by atoms with van der Waals surface area (Å²) in [6.45, 7) is -0.224. The van der Waals surface area contributed by atoms with Gasteiger partial charge in [-0.25, -0.2) is 14.4 Å². The lowest BCUT2D eigenvalue weighted by Gasteiger charge is -2.09. The Morgan fingerprint density at radius 2 is 2.18 bits per heavy atom. The molecule has 0 spiro atoms. The second kappa shape index (κ2) is 5.06. The van der Waals surface area contributed by atoms with E-state index in [0.29, 0.717) is 17.2 Å². The smallest absolute Gasteiger partial charge is 0.162 e. The molecular weight excluding hydrogens is 285 g/mol. The molecule has 0 atom stereocenters. The van der Waals surface area contributed by atoms with Gasteiger partial charge < -0.3 is 5.32 Å². The van der Waals surface area contributed by atoms with Crippen LogP contribution in [0.2, 0.25) is 0 Å².